The molecule has 1 N–H and O–H groups in total. The number of halogens is 1. The molecule has 0 fully saturated rings. The van der Waals surface area contributed by atoms with E-state index >= 15 is 0 Å². The molecule has 0 saturated carbocycles. The van der Waals surface area contributed by atoms with Crippen LogP contribution in [0.1, 0.15) is 17.2 Å². The Morgan fingerprint density at radius 2 is 2.06 bits per heavy atom. The van der Waals surface area contributed by atoms with E-state index in [-0.39, 0.29) is 18.3 Å². The van der Waals surface area contributed by atoms with E-state index in [2.05, 4.69) is 21.2 Å². The average molecular weight is 528 g/mol. The molecule has 1 aromatic heterocycles. The molecule has 2 aliphatic rings. The second-order valence-electron chi connectivity index (χ2n) is 8.10. The fourth-order valence-electron chi connectivity index (χ4n) is 3.96. The Bertz CT molecular complexity index is 1430. The normalized spacial score (nSPS) is 19.3. The van der Waals surface area contributed by atoms with Crippen LogP contribution in [0, 0.1) is 0 Å². The van der Waals surface area contributed by atoms with Gasteiger partial charge in [0, 0.05) is 34.4 Å². The number of para-hydroxylation sites is 1. The van der Waals surface area contributed by atoms with Gasteiger partial charge in [0.25, 0.3) is 11.5 Å². The lowest BCUT2D eigenvalue weighted by atomic mass is 10.1. The van der Waals surface area contributed by atoms with Gasteiger partial charge in [-0.05, 0) is 44.4 Å². The van der Waals surface area contributed by atoms with E-state index in [1.807, 2.05) is 67.5 Å². The van der Waals surface area contributed by atoms with E-state index in [4.69, 9.17) is 9.47 Å². The van der Waals surface area contributed by atoms with Gasteiger partial charge in [0.2, 0.25) is 0 Å². The molecule has 0 saturated heterocycles. The third-order valence-electron chi connectivity index (χ3n) is 5.61. The van der Waals surface area contributed by atoms with Crippen molar-refractivity contribution >= 4 is 50.5 Å². The van der Waals surface area contributed by atoms with Crippen LogP contribution in [-0.2, 0) is 16.1 Å². The average Bonchev–Trinajstić information content (AvgIpc) is 3.27. The lowest BCUT2D eigenvalue weighted by molar-refractivity contribution is -0.110. The summed E-state index contributed by atoms with van der Waals surface area (Å²) in [5, 5.41) is 2.92. The number of carbonyl (C=O) groups excluding carboxylic acids is 1. The third-order valence-corrected chi connectivity index (χ3v) is 7.25. The maximum absolute atomic E-state index is 13.5. The number of nitrogens with one attached hydrogen (secondary N) is 1. The molecular formula is C24H22BrN3O4S. The van der Waals surface area contributed by atoms with Gasteiger partial charge in [-0.3, -0.25) is 14.2 Å². The van der Waals surface area contributed by atoms with Crippen LogP contribution in [0.3, 0.4) is 0 Å². The van der Waals surface area contributed by atoms with Crippen LogP contribution in [0.15, 0.2) is 51.7 Å². The molecule has 3 aromatic rings. The van der Waals surface area contributed by atoms with Crippen LogP contribution in [-0.4, -0.2) is 42.8 Å². The molecule has 0 aliphatic carbocycles. The van der Waals surface area contributed by atoms with Crippen molar-refractivity contribution in [3.8, 4) is 5.75 Å². The molecule has 3 heterocycles. The SMILES string of the molecule is CN(C)CCn1c(=O)/c(=C\C2OCOc3ccccc32)s/c1=C1/C(=O)Nc2ccc(Br)cc21. The minimum atomic E-state index is -0.403. The minimum Gasteiger partial charge on any atom is -0.467 e. The fraction of sp³-hybridized carbons (Fsp3) is 0.250. The number of amides is 1. The molecule has 9 heteroatoms. The van der Waals surface area contributed by atoms with Crippen LogP contribution in [0.4, 0.5) is 5.69 Å². The monoisotopic (exact) mass is 527 g/mol. The summed E-state index contributed by atoms with van der Waals surface area (Å²) in [5.74, 6) is 0.542. The molecule has 0 spiro atoms. The zero-order valence-corrected chi connectivity index (χ0v) is 20.5. The van der Waals surface area contributed by atoms with Gasteiger partial charge in [0.05, 0.1) is 10.1 Å². The van der Waals surface area contributed by atoms with Gasteiger partial charge in [-0.25, -0.2) is 0 Å². The molecular weight excluding hydrogens is 506 g/mol. The van der Waals surface area contributed by atoms with Crippen molar-refractivity contribution in [2.45, 2.75) is 12.6 Å². The number of fused-ring (bicyclic) bond motifs is 2. The summed E-state index contributed by atoms with van der Waals surface area (Å²) >= 11 is 4.81. The van der Waals surface area contributed by atoms with Crippen molar-refractivity contribution < 1.29 is 14.3 Å². The molecule has 1 amide bonds. The fourth-order valence-corrected chi connectivity index (χ4v) is 5.50. The van der Waals surface area contributed by atoms with E-state index in [0.717, 1.165) is 27.0 Å². The molecule has 0 radical (unpaired) electrons. The summed E-state index contributed by atoms with van der Waals surface area (Å²) in [7, 11) is 3.91. The Balaban J connectivity index is 1.73. The van der Waals surface area contributed by atoms with Crippen molar-refractivity contribution in [3.05, 3.63) is 77.6 Å². The number of hydrogen-bond donors (Lipinski definition) is 1. The van der Waals surface area contributed by atoms with Crippen molar-refractivity contribution in [1.29, 1.82) is 0 Å². The van der Waals surface area contributed by atoms with Gasteiger partial charge in [0.15, 0.2) is 6.79 Å². The number of carbonyl (C=O) groups is 1. The smallest absolute Gasteiger partial charge is 0.268 e. The second-order valence-corrected chi connectivity index (χ2v) is 10.1. The predicted octanol–water partition coefficient (Wildman–Crippen LogP) is 2.27. The number of hydrogen-bond acceptors (Lipinski definition) is 6. The van der Waals surface area contributed by atoms with Crippen LogP contribution >= 0.6 is 27.3 Å². The number of benzene rings is 2. The molecule has 7 nitrogen and oxygen atoms in total. The molecule has 2 aliphatic heterocycles. The number of nitrogens with zero attached hydrogens (tertiary/aromatic N) is 2. The van der Waals surface area contributed by atoms with Gasteiger partial charge in [-0.1, -0.05) is 34.1 Å². The van der Waals surface area contributed by atoms with Crippen LogP contribution in [0.2, 0.25) is 0 Å². The lowest BCUT2D eigenvalue weighted by Gasteiger charge is -2.23. The summed E-state index contributed by atoms with van der Waals surface area (Å²) < 4.78 is 15.1. The molecule has 0 bridgehead atoms. The zero-order valence-electron chi connectivity index (χ0n) is 18.1. The molecule has 1 atom stereocenters. The van der Waals surface area contributed by atoms with Gasteiger partial charge in [-0.15, -0.1) is 11.3 Å². The number of anilines is 1. The maximum Gasteiger partial charge on any atom is 0.268 e. The van der Waals surface area contributed by atoms with E-state index in [1.54, 1.807) is 4.57 Å². The highest BCUT2D eigenvalue weighted by molar-refractivity contribution is 9.10. The van der Waals surface area contributed by atoms with Crippen molar-refractivity contribution in [2.24, 2.45) is 0 Å². The van der Waals surface area contributed by atoms with E-state index in [1.165, 1.54) is 11.3 Å². The largest absolute Gasteiger partial charge is 0.467 e. The van der Waals surface area contributed by atoms with Gasteiger partial charge in [0.1, 0.15) is 16.5 Å². The number of aromatic nitrogens is 1. The van der Waals surface area contributed by atoms with E-state index < -0.39 is 6.10 Å². The highest BCUT2D eigenvalue weighted by atomic mass is 79.9. The zero-order chi connectivity index (χ0) is 23.1. The molecule has 1 unspecified atom stereocenters. The maximum atomic E-state index is 13.5. The first-order chi connectivity index (χ1) is 15.9. The third kappa shape index (κ3) is 4.17. The minimum absolute atomic E-state index is 0.117. The Morgan fingerprint density at radius 3 is 2.88 bits per heavy atom. The van der Waals surface area contributed by atoms with Gasteiger partial charge < -0.3 is 19.7 Å². The quantitative estimate of drug-likeness (QED) is 0.563. The summed E-state index contributed by atoms with van der Waals surface area (Å²) in [6.45, 7) is 1.25. The molecule has 33 heavy (non-hydrogen) atoms. The number of rotatable bonds is 4. The molecule has 170 valence electrons. The lowest BCUT2D eigenvalue weighted by Crippen LogP contribution is -2.36. The van der Waals surface area contributed by atoms with Crippen LogP contribution in [0.5, 0.6) is 5.75 Å². The summed E-state index contributed by atoms with van der Waals surface area (Å²) in [6.07, 6.45) is 1.43. The summed E-state index contributed by atoms with van der Waals surface area (Å²) in [4.78, 5) is 28.5. The second kappa shape index (κ2) is 8.90. The van der Waals surface area contributed by atoms with Crippen LogP contribution in [0.25, 0.3) is 11.6 Å². The van der Waals surface area contributed by atoms with Gasteiger partial charge in [-0.2, -0.15) is 0 Å². The highest BCUT2D eigenvalue weighted by Crippen LogP contribution is 2.33. The number of thiazole rings is 1. The summed E-state index contributed by atoms with van der Waals surface area (Å²) in [6, 6.07) is 13.3. The first kappa shape index (κ1) is 22.1. The topological polar surface area (TPSA) is 72.8 Å². The predicted molar refractivity (Wildman–Crippen MR) is 132 cm³/mol. The Hall–Kier alpha value is -2.72. The van der Waals surface area contributed by atoms with Crippen molar-refractivity contribution in [1.82, 2.24) is 9.47 Å². The summed E-state index contributed by atoms with van der Waals surface area (Å²) in [5.41, 5.74) is 2.78. The molecule has 5 rings (SSSR count). The van der Waals surface area contributed by atoms with Crippen molar-refractivity contribution in [3.63, 3.8) is 0 Å². The highest BCUT2D eigenvalue weighted by Gasteiger charge is 2.28. The number of ether oxygens (including phenoxy) is 2. The van der Waals surface area contributed by atoms with E-state index in [9.17, 15) is 9.59 Å². The van der Waals surface area contributed by atoms with Gasteiger partial charge >= 0.3 is 0 Å². The van der Waals surface area contributed by atoms with Crippen LogP contribution < -0.4 is 24.8 Å². The first-order valence-electron chi connectivity index (χ1n) is 10.5. The first-order valence-corrected chi connectivity index (χ1v) is 12.1. The Morgan fingerprint density at radius 1 is 1.24 bits per heavy atom. The van der Waals surface area contributed by atoms with E-state index in [0.29, 0.717) is 27.9 Å². The number of likely N-dealkylation sites (N-methyl/N-ethyl adjacent to an activating group) is 1. The molecule has 2 aromatic carbocycles. The van der Waals surface area contributed by atoms with Crippen molar-refractivity contribution in [2.75, 3.05) is 32.7 Å². The Labute approximate surface area is 202 Å². The Kier molecular flexibility index (Phi) is 5.96. The standard InChI is InChI=1S/C24H22BrN3O4S/c1-27(2)9-10-28-23(30)20(12-19-15-5-3-4-6-18(15)31-13-32-19)33-24(28)21-16-11-14(25)7-8-17(16)26-22(21)29/h3-8,11-12,19H,9-10,13H2,1-2H3,(H,26,29)/b20-12+,24-21+.